The van der Waals surface area contributed by atoms with E-state index in [2.05, 4.69) is 0 Å². The number of aliphatic carboxylic acids is 1. The average molecular weight is 321 g/mol. The number of amides is 1. The lowest BCUT2D eigenvalue weighted by molar-refractivity contribution is -0.165. The third-order valence-electron chi connectivity index (χ3n) is 4.26. The number of hydrogen-bond acceptors (Lipinski definition) is 4. The maximum atomic E-state index is 12.1. The molecule has 6 heteroatoms. The van der Waals surface area contributed by atoms with Gasteiger partial charge in [-0.2, -0.15) is 0 Å². The summed E-state index contributed by atoms with van der Waals surface area (Å²) in [6.45, 7) is 4.72. The smallest absolute Gasteiger partial charge is 0.335 e. The molecule has 0 aliphatic carbocycles. The van der Waals surface area contributed by atoms with Gasteiger partial charge in [0, 0.05) is 25.9 Å². The van der Waals surface area contributed by atoms with Crippen molar-refractivity contribution in [3.63, 3.8) is 0 Å². The molecule has 0 radical (unpaired) electrons. The summed E-state index contributed by atoms with van der Waals surface area (Å²) in [6.07, 6.45) is 0.358. The molecule has 2 rings (SSSR count). The molecule has 1 aliphatic rings. The van der Waals surface area contributed by atoms with Crippen molar-refractivity contribution in [3.05, 3.63) is 29.3 Å². The lowest BCUT2D eigenvalue weighted by Gasteiger charge is -2.35. The molecule has 1 fully saturated rings. The number of carboxylic acid groups (broad SMARTS) is 1. The maximum absolute atomic E-state index is 12.1. The predicted molar refractivity (Wildman–Crippen MR) is 84.4 cm³/mol. The van der Waals surface area contributed by atoms with Crippen molar-refractivity contribution < 1.29 is 24.5 Å². The third kappa shape index (κ3) is 4.22. The molecular formula is C17H23NO5. The van der Waals surface area contributed by atoms with E-state index in [0.29, 0.717) is 0 Å². The van der Waals surface area contributed by atoms with Crippen molar-refractivity contribution in [2.24, 2.45) is 0 Å². The molecule has 0 aromatic heterocycles. The van der Waals surface area contributed by atoms with Gasteiger partial charge in [0.15, 0.2) is 5.60 Å². The minimum Gasteiger partial charge on any atom is -0.493 e. The zero-order valence-corrected chi connectivity index (χ0v) is 13.5. The van der Waals surface area contributed by atoms with Crippen LogP contribution in [0.1, 0.15) is 30.4 Å². The Morgan fingerprint density at radius 1 is 1.26 bits per heavy atom. The Hall–Kier alpha value is -2.08. The molecule has 126 valence electrons. The van der Waals surface area contributed by atoms with E-state index in [0.717, 1.165) is 16.9 Å². The number of likely N-dealkylation sites (tertiary alicyclic amines) is 1. The van der Waals surface area contributed by atoms with Crippen LogP contribution in [0.15, 0.2) is 18.2 Å². The number of rotatable bonds is 5. The molecule has 1 aliphatic heterocycles. The van der Waals surface area contributed by atoms with Crippen molar-refractivity contribution in [1.82, 2.24) is 4.90 Å². The summed E-state index contributed by atoms with van der Waals surface area (Å²) in [7, 11) is 0. The quantitative estimate of drug-likeness (QED) is 0.858. The average Bonchev–Trinajstić information content (AvgIpc) is 2.51. The van der Waals surface area contributed by atoms with Gasteiger partial charge in [-0.1, -0.05) is 12.1 Å². The van der Waals surface area contributed by atoms with E-state index in [1.54, 1.807) is 4.90 Å². The Morgan fingerprint density at radius 3 is 2.52 bits per heavy atom. The fraction of sp³-hybridized carbons (Fsp3) is 0.529. The summed E-state index contributed by atoms with van der Waals surface area (Å²) in [4.78, 5) is 24.7. The normalized spacial score (nSPS) is 16.9. The number of hydrogen-bond donors (Lipinski definition) is 2. The molecule has 2 N–H and O–H groups in total. The Bertz CT molecular complexity index is 591. The summed E-state index contributed by atoms with van der Waals surface area (Å²) >= 11 is 0. The van der Waals surface area contributed by atoms with Crippen molar-refractivity contribution >= 4 is 11.9 Å². The van der Waals surface area contributed by atoms with Gasteiger partial charge in [-0.25, -0.2) is 4.79 Å². The number of carbonyl (C=O) groups excluding carboxylic acids is 1. The lowest BCUT2D eigenvalue weighted by Crippen LogP contribution is -2.51. The van der Waals surface area contributed by atoms with Gasteiger partial charge < -0.3 is 19.8 Å². The Kier molecular flexibility index (Phi) is 5.26. The van der Waals surface area contributed by atoms with Crippen LogP contribution in [0, 0.1) is 13.8 Å². The highest BCUT2D eigenvalue weighted by Gasteiger charge is 2.40. The van der Waals surface area contributed by atoms with Gasteiger partial charge >= 0.3 is 5.97 Å². The van der Waals surface area contributed by atoms with Crippen LogP contribution in [0.4, 0.5) is 0 Å². The van der Waals surface area contributed by atoms with Gasteiger partial charge in [-0.05, 0) is 31.0 Å². The molecule has 1 amide bonds. The minimum atomic E-state index is -1.70. The van der Waals surface area contributed by atoms with Gasteiger partial charge in [0.1, 0.15) is 5.75 Å². The van der Waals surface area contributed by atoms with Crippen LogP contribution in [0.3, 0.4) is 0 Å². The van der Waals surface area contributed by atoms with E-state index >= 15 is 0 Å². The first kappa shape index (κ1) is 17.3. The van der Waals surface area contributed by atoms with E-state index in [9.17, 15) is 14.7 Å². The van der Waals surface area contributed by atoms with E-state index in [1.807, 2.05) is 32.0 Å². The first-order valence-corrected chi connectivity index (χ1v) is 7.75. The highest BCUT2D eigenvalue weighted by atomic mass is 16.5. The second kappa shape index (κ2) is 7.00. The second-order valence-electron chi connectivity index (χ2n) is 6.08. The lowest BCUT2D eigenvalue weighted by atomic mass is 9.91. The first-order valence-electron chi connectivity index (χ1n) is 7.75. The van der Waals surface area contributed by atoms with Gasteiger partial charge in [-0.3, -0.25) is 4.79 Å². The van der Waals surface area contributed by atoms with E-state index in [1.165, 1.54) is 0 Å². The number of benzene rings is 1. The van der Waals surface area contributed by atoms with Crippen LogP contribution < -0.4 is 4.74 Å². The van der Waals surface area contributed by atoms with Crippen molar-refractivity contribution in [2.75, 3.05) is 19.7 Å². The summed E-state index contributed by atoms with van der Waals surface area (Å²) < 4.78 is 5.67. The summed E-state index contributed by atoms with van der Waals surface area (Å²) in [5.41, 5.74) is 0.417. The highest BCUT2D eigenvalue weighted by molar-refractivity contribution is 5.79. The second-order valence-corrected chi connectivity index (χ2v) is 6.08. The topological polar surface area (TPSA) is 87.1 Å². The standard InChI is InChI=1S/C17H23NO5/c1-12-3-4-13(2)14(11-12)23-10-5-15(19)18-8-6-17(22,7-9-18)16(20)21/h3-4,11,22H,5-10H2,1-2H3,(H,20,21). The van der Waals surface area contributed by atoms with Crippen molar-refractivity contribution in [1.29, 1.82) is 0 Å². The summed E-state index contributed by atoms with van der Waals surface area (Å²) in [6, 6.07) is 5.92. The Morgan fingerprint density at radius 2 is 1.91 bits per heavy atom. The largest absolute Gasteiger partial charge is 0.493 e. The van der Waals surface area contributed by atoms with Gasteiger partial charge in [0.2, 0.25) is 5.91 Å². The van der Waals surface area contributed by atoms with Crippen LogP contribution >= 0.6 is 0 Å². The van der Waals surface area contributed by atoms with Gasteiger partial charge in [0.05, 0.1) is 13.0 Å². The minimum absolute atomic E-state index is 0.0614. The number of ether oxygens (including phenoxy) is 1. The van der Waals surface area contributed by atoms with E-state index in [-0.39, 0.29) is 44.9 Å². The number of carbonyl (C=O) groups is 2. The monoisotopic (exact) mass is 321 g/mol. The molecule has 6 nitrogen and oxygen atoms in total. The molecule has 0 bridgehead atoms. The zero-order chi connectivity index (χ0) is 17.0. The molecule has 23 heavy (non-hydrogen) atoms. The highest BCUT2D eigenvalue weighted by Crippen LogP contribution is 2.23. The van der Waals surface area contributed by atoms with Gasteiger partial charge in [-0.15, -0.1) is 0 Å². The third-order valence-corrected chi connectivity index (χ3v) is 4.26. The maximum Gasteiger partial charge on any atom is 0.335 e. The van der Waals surface area contributed by atoms with Crippen LogP contribution in [-0.4, -0.2) is 52.3 Å². The zero-order valence-electron chi connectivity index (χ0n) is 13.5. The molecule has 0 spiro atoms. The van der Waals surface area contributed by atoms with E-state index < -0.39 is 11.6 Å². The van der Waals surface area contributed by atoms with Crippen molar-refractivity contribution in [2.45, 2.75) is 38.7 Å². The van der Waals surface area contributed by atoms with E-state index in [4.69, 9.17) is 9.84 Å². The van der Waals surface area contributed by atoms with Crippen LogP contribution in [0.5, 0.6) is 5.75 Å². The molecule has 1 aromatic carbocycles. The SMILES string of the molecule is Cc1ccc(C)c(OCCC(=O)N2CCC(O)(C(=O)O)CC2)c1. The molecule has 0 unspecified atom stereocenters. The molecule has 1 saturated heterocycles. The summed E-state index contributed by atoms with van der Waals surface area (Å²) in [5.74, 6) is -0.526. The number of carboxylic acids is 1. The Labute approximate surface area is 135 Å². The number of aliphatic hydroxyl groups is 1. The molecule has 1 aromatic rings. The van der Waals surface area contributed by atoms with Crippen LogP contribution in [0.25, 0.3) is 0 Å². The molecule has 1 heterocycles. The van der Waals surface area contributed by atoms with Crippen molar-refractivity contribution in [3.8, 4) is 5.75 Å². The molecule has 0 saturated carbocycles. The van der Waals surface area contributed by atoms with Crippen LogP contribution in [0.2, 0.25) is 0 Å². The predicted octanol–water partition coefficient (Wildman–Crippen LogP) is 1.51. The fourth-order valence-corrected chi connectivity index (χ4v) is 2.61. The Balaban J connectivity index is 1.80. The summed E-state index contributed by atoms with van der Waals surface area (Å²) in [5, 5.41) is 18.8. The van der Waals surface area contributed by atoms with Crippen LogP contribution in [-0.2, 0) is 9.59 Å². The fourth-order valence-electron chi connectivity index (χ4n) is 2.61. The first-order chi connectivity index (χ1) is 10.8. The number of nitrogens with zero attached hydrogens (tertiary/aromatic N) is 1. The molecule has 0 atom stereocenters. The van der Waals surface area contributed by atoms with Gasteiger partial charge in [0.25, 0.3) is 0 Å². The number of aryl methyl sites for hydroxylation is 2. The number of piperidine rings is 1. The molecular weight excluding hydrogens is 298 g/mol.